The van der Waals surface area contributed by atoms with Gasteiger partial charge < -0.3 is 42.8 Å². The SMILES string of the molecule is NCCN(CCN)C(=O)CCC(N)C(=O)NCC(=O)Nc1ccc(C(F)(F)F)c(B(O)O)c1. The number of benzene rings is 1. The van der Waals surface area contributed by atoms with E-state index >= 15 is 0 Å². The molecule has 0 bridgehead atoms. The number of carbonyl (C=O) groups is 3. The predicted octanol–water partition coefficient (Wildman–Crippen LogP) is -2.71. The summed E-state index contributed by atoms with van der Waals surface area (Å²) >= 11 is 0. The lowest BCUT2D eigenvalue weighted by molar-refractivity contribution is -0.137. The number of carbonyl (C=O) groups excluding carboxylic acids is 3. The first-order valence-corrected chi connectivity index (χ1v) is 9.99. The maximum absolute atomic E-state index is 12.9. The number of nitrogens with zero attached hydrogens (tertiary/aromatic N) is 1. The van der Waals surface area contributed by atoms with Crippen molar-refractivity contribution >= 4 is 36.0 Å². The van der Waals surface area contributed by atoms with Crippen molar-refractivity contribution in [2.24, 2.45) is 17.2 Å². The van der Waals surface area contributed by atoms with Gasteiger partial charge in [0.25, 0.3) is 0 Å². The van der Waals surface area contributed by atoms with Crippen LogP contribution in [0.25, 0.3) is 0 Å². The fourth-order valence-corrected chi connectivity index (χ4v) is 2.86. The van der Waals surface area contributed by atoms with Crippen LogP contribution in [0.3, 0.4) is 0 Å². The summed E-state index contributed by atoms with van der Waals surface area (Å²) in [6.45, 7) is 0.592. The third kappa shape index (κ3) is 9.35. The van der Waals surface area contributed by atoms with E-state index in [9.17, 15) is 37.6 Å². The van der Waals surface area contributed by atoms with Crippen LogP contribution in [0.1, 0.15) is 18.4 Å². The van der Waals surface area contributed by atoms with Gasteiger partial charge in [-0.1, -0.05) is 0 Å². The Morgan fingerprint density at radius 3 is 2.24 bits per heavy atom. The van der Waals surface area contributed by atoms with Gasteiger partial charge in [-0.05, 0) is 30.1 Å². The Kier molecular flexibility index (Phi) is 11.2. The van der Waals surface area contributed by atoms with E-state index in [2.05, 4.69) is 10.6 Å². The number of alkyl halides is 3. The van der Waals surface area contributed by atoms with Crippen LogP contribution in [0.15, 0.2) is 18.2 Å². The number of hydrogen-bond donors (Lipinski definition) is 7. The first-order chi connectivity index (χ1) is 15.4. The normalized spacial score (nSPS) is 12.1. The topological polar surface area (TPSA) is 197 Å². The number of nitrogens with one attached hydrogen (secondary N) is 2. The fourth-order valence-electron chi connectivity index (χ4n) is 2.86. The van der Waals surface area contributed by atoms with Crippen LogP contribution in [-0.4, -0.2) is 78.6 Å². The lowest BCUT2D eigenvalue weighted by Crippen LogP contribution is -2.45. The summed E-state index contributed by atoms with van der Waals surface area (Å²) in [5.74, 6) is -1.76. The third-order valence-electron chi connectivity index (χ3n) is 4.50. The molecule has 15 heteroatoms. The van der Waals surface area contributed by atoms with Crippen molar-refractivity contribution < 1.29 is 37.6 Å². The lowest BCUT2D eigenvalue weighted by Gasteiger charge is -2.22. The molecule has 0 spiro atoms. The summed E-state index contributed by atoms with van der Waals surface area (Å²) in [5, 5.41) is 22.9. The molecule has 10 N–H and O–H groups in total. The highest BCUT2D eigenvalue weighted by atomic mass is 19.4. The van der Waals surface area contributed by atoms with Crippen molar-refractivity contribution in [1.29, 1.82) is 0 Å². The molecule has 1 rings (SSSR count). The largest absolute Gasteiger partial charge is 0.489 e. The molecule has 3 amide bonds. The van der Waals surface area contributed by atoms with E-state index < -0.39 is 48.7 Å². The zero-order valence-electron chi connectivity index (χ0n) is 17.8. The monoisotopic (exact) mass is 476 g/mol. The summed E-state index contributed by atoms with van der Waals surface area (Å²) in [7, 11) is -2.41. The van der Waals surface area contributed by atoms with E-state index in [1.165, 1.54) is 4.90 Å². The maximum atomic E-state index is 12.9. The molecule has 1 atom stereocenters. The minimum atomic E-state index is -4.82. The van der Waals surface area contributed by atoms with Gasteiger partial charge in [0, 0.05) is 38.3 Å². The standard InChI is InChI=1S/C18H28BF3N6O5/c20-18(21,22)12-2-1-11(9-13(12)19(32)33)27-15(29)10-26-17(31)14(25)3-4-16(30)28(7-5-23)8-6-24/h1-2,9,14,32-33H,3-8,10,23-25H2,(H,26,31)(H,27,29). The van der Waals surface area contributed by atoms with E-state index in [-0.39, 0.29) is 37.5 Å². The average Bonchev–Trinajstić information content (AvgIpc) is 2.74. The lowest BCUT2D eigenvalue weighted by atomic mass is 9.76. The average molecular weight is 476 g/mol. The Bertz CT molecular complexity index is 821. The second-order valence-electron chi connectivity index (χ2n) is 7.04. The van der Waals surface area contributed by atoms with Crippen LogP contribution in [0.5, 0.6) is 0 Å². The molecule has 0 saturated carbocycles. The second kappa shape index (κ2) is 13.1. The molecule has 0 fully saturated rings. The first-order valence-electron chi connectivity index (χ1n) is 9.99. The van der Waals surface area contributed by atoms with Gasteiger partial charge in [0.15, 0.2) is 0 Å². The first kappa shape index (κ1) is 28.3. The van der Waals surface area contributed by atoms with Crippen LogP contribution in [0.4, 0.5) is 18.9 Å². The van der Waals surface area contributed by atoms with Crippen molar-refractivity contribution in [3.63, 3.8) is 0 Å². The molecule has 1 aromatic rings. The Morgan fingerprint density at radius 1 is 1.12 bits per heavy atom. The molecule has 0 saturated heterocycles. The minimum Gasteiger partial charge on any atom is -0.423 e. The second-order valence-corrected chi connectivity index (χ2v) is 7.04. The van der Waals surface area contributed by atoms with Gasteiger partial charge in [0.05, 0.1) is 18.2 Å². The molecule has 0 radical (unpaired) electrons. The quantitative estimate of drug-likeness (QED) is 0.158. The predicted molar refractivity (Wildman–Crippen MR) is 115 cm³/mol. The van der Waals surface area contributed by atoms with Gasteiger partial charge in [-0.25, -0.2) is 0 Å². The number of halogens is 3. The van der Waals surface area contributed by atoms with E-state index in [0.717, 1.165) is 12.1 Å². The van der Waals surface area contributed by atoms with Gasteiger partial charge in [-0.15, -0.1) is 0 Å². The van der Waals surface area contributed by atoms with Crippen molar-refractivity contribution in [3.8, 4) is 0 Å². The van der Waals surface area contributed by atoms with Crippen molar-refractivity contribution in [2.45, 2.75) is 25.1 Å². The summed E-state index contributed by atoms with van der Waals surface area (Å²) in [6.07, 6.45) is -4.84. The van der Waals surface area contributed by atoms with Crippen molar-refractivity contribution in [2.75, 3.05) is 38.0 Å². The van der Waals surface area contributed by atoms with Crippen molar-refractivity contribution in [1.82, 2.24) is 10.2 Å². The highest BCUT2D eigenvalue weighted by molar-refractivity contribution is 6.59. The van der Waals surface area contributed by atoms with Gasteiger partial charge in [-0.3, -0.25) is 14.4 Å². The molecule has 33 heavy (non-hydrogen) atoms. The van der Waals surface area contributed by atoms with E-state index in [4.69, 9.17) is 17.2 Å². The Balaban J connectivity index is 2.59. The fraction of sp³-hybridized carbons (Fsp3) is 0.500. The van der Waals surface area contributed by atoms with Crippen LogP contribution in [0, 0.1) is 0 Å². The van der Waals surface area contributed by atoms with Gasteiger partial charge in [0.1, 0.15) is 0 Å². The highest BCUT2D eigenvalue weighted by Gasteiger charge is 2.36. The Labute approximate surface area is 188 Å². The van der Waals surface area contributed by atoms with Crippen LogP contribution in [0.2, 0.25) is 0 Å². The summed E-state index contributed by atoms with van der Waals surface area (Å²) in [5.41, 5.74) is 14.4. The van der Waals surface area contributed by atoms with Crippen LogP contribution >= 0.6 is 0 Å². The summed E-state index contributed by atoms with van der Waals surface area (Å²) in [6, 6.07) is 1.20. The number of rotatable bonds is 12. The third-order valence-corrected chi connectivity index (χ3v) is 4.50. The molecule has 11 nitrogen and oxygen atoms in total. The number of nitrogens with two attached hydrogens (primary N) is 3. The molecule has 1 unspecified atom stereocenters. The molecular formula is C18H28BF3N6O5. The Hall–Kier alpha value is -2.72. The molecule has 0 aromatic heterocycles. The minimum absolute atomic E-state index is 0.00851. The molecule has 0 aliphatic rings. The molecule has 184 valence electrons. The Morgan fingerprint density at radius 2 is 1.73 bits per heavy atom. The van der Waals surface area contributed by atoms with E-state index in [0.29, 0.717) is 19.2 Å². The van der Waals surface area contributed by atoms with Gasteiger partial charge in [0.2, 0.25) is 17.7 Å². The van der Waals surface area contributed by atoms with Gasteiger partial charge in [-0.2, -0.15) is 13.2 Å². The zero-order chi connectivity index (χ0) is 25.2. The van der Waals surface area contributed by atoms with Gasteiger partial charge >= 0.3 is 13.3 Å². The highest BCUT2D eigenvalue weighted by Crippen LogP contribution is 2.29. The maximum Gasteiger partial charge on any atom is 0.489 e. The summed E-state index contributed by atoms with van der Waals surface area (Å²) in [4.78, 5) is 37.7. The number of hydrogen-bond acceptors (Lipinski definition) is 8. The number of anilines is 1. The van der Waals surface area contributed by atoms with Crippen LogP contribution in [-0.2, 0) is 20.6 Å². The molecule has 0 aliphatic carbocycles. The van der Waals surface area contributed by atoms with Crippen LogP contribution < -0.4 is 33.3 Å². The molecule has 1 aromatic carbocycles. The zero-order valence-corrected chi connectivity index (χ0v) is 17.8. The molecular weight excluding hydrogens is 448 g/mol. The van der Waals surface area contributed by atoms with E-state index in [1.54, 1.807) is 0 Å². The molecule has 0 aliphatic heterocycles. The van der Waals surface area contributed by atoms with Crippen molar-refractivity contribution in [3.05, 3.63) is 23.8 Å². The molecule has 0 heterocycles. The van der Waals surface area contributed by atoms with E-state index in [1.807, 2.05) is 0 Å². The smallest absolute Gasteiger partial charge is 0.423 e. The number of amides is 3. The summed E-state index contributed by atoms with van der Waals surface area (Å²) < 4.78 is 38.8.